The van der Waals surface area contributed by atoms with Gasteiger partial charge in [0.1, 0.15) is 40.3 Å². The minimum absolute atomic E-state index is 0.0157. The summed E-state index contributed by atoms with van der Waals surface area (Å²) in [6, 6.07) is 13.3. The van der Waals surface area contributed by atoms with E-state index in [9.17, 15) is 45.6 Å². The maximum absolute atomic E-state index is 14.5. The summed E-state index contributed by atoms with van der Waals surface area (Å²) in [5, 5.41) is 83.1. The number of phenols is 8. The van der Waals surface area contributed by atoms with Gasteiger partial charge >= 0.3 is 0 Å². The maximum atomic E-state index is 14.5. The van der Waals surface area contributed by atoms with Crippen LogP contribution in [0.1, 0.15) is 46.9 Å². The van der Waals surface area contributed by atoms with Crippen molar-refractivity contribution in [2.45, 2.75) is 37.5 Å². The first-order valence-corrected chi connectivity index (χ1v) is 13.7. The number of aromatic hydroxyl groups is 8. The average molecular weight is 607 g/mol. The summed E-state index contributed by atoms with van der Waals surface area (Å²) in [5.74, 6) is -5.77. The monoisotopic (exact) mass is 606 g/mol. The molecule has 4 rings (SSSR count). The van der Waals surface area contributed by atoms with E-state index in [1.807, 2.05) is 0 Å². The summed E-state index contributed by atoms with van der Waals surface area (Å²) in [5.41, 5.74) is 1.01. The predicted octanol–water partition coefficient (Wildman–Crippen LogP) is 5.05. The highest BCUT2D eigenvalue weighted by molar-refractivity contribution is 5.94. The van der Waals surface area contributed by atoms with Crippen LogP contribution in [0.2, 0.25) is 0 Å². The fourth-order valence-corrected chi connectivity index (χ4v) is 5.41. The van der Waals surface area contributed by atoms with Crippen molar-refractivity contribution in [1.29, 1.82) is 0 Å². The van der Waals surface area contributed by atoms with Gasteiger partial charge in [0.2, 0.25) is 0 Å². The second-order valence-electron chi connectivity index (χ2n) is 10.4. The first-order chi connectivity index (χ1) is 20.9. The Morgan fingerprint density at radius 3 is 1.20 bits per heavy atom. The van der Waals surface area contributed by atoms with Crippen LogP contribution in [-0.4, -0.2) is 60.9 Å². The average Bonchev–Trinajstić information content (AvgIpc) is 2.96. The van der Waals surface area contributed by atoms with Gasteiger partial charge in [0.15, 0.2) is 23.0 Å². The highest BCUT2D eigenvalue weighted by Crippen LogP contribution is 2.46. The Bertz CT molecular complexity index is 1500. The van der Waals surface area contributed by atoms with Crippen LogP contribution in [0.3, 0.4) is 0 Å². The molecule has 0 fully saturated rings. The van der Waals surface area contributed by atoms with E-state index in [-0.39, 0.29) is 59.8 Å². The maximum Gasteiger partial charge on any atom is 0.160 e. The third kappa shape index (κ3) is 6.78. The van der Waals surface area contributed by atoms with Gasteiger partial charge in [-0.3, -0.25) is 4.79 Å². The van der Waals surface area contributed by atoms with Crippen molar-refractivity contribution in [3.8, 4) is 57.5 Å². The van der Waals surface area contributed by atoms with E-state index in [2.05, 4.69) is 0 Å². The number of methoxy groups -OCH3 is 2. The Hall–Kier alpha value is -5.45. The quantitative estimate of drug-likeness (QED) is 0.107. The van der Waals surface area contributed by atoms with Crippen molar-refractivity contribution >= 4 is 5.78 Å². The molecule has 2 unspecified atom stereocenters. The van der Waals surface area contributed by atoms with Crippen LogP contribution >= 0.6 is 0 Å². The number of hydrogen-bond donors (Lipinski definition) is 8. The molecule has 0 aliphatic heterocycles. The number of carbonyl (C=O) groups excluding carboxylic acids is 1. The number of Topliss-reactive ketones (excluding diaryl/α,β-unsaturated/α-hetero) is 1. The highest BCUT2D eigenvalue weighted by Gasteiger charge is 2.36. The summed E-state index contributed by atoms with van der Waals surface area (Å²) in [6.45, 7) is 0. The number of phenolic OH excluding ortho intramolecular Hbond substituents is 8. The van der Waals surface area contributed by atoms with Crippen LogP contribution in [0.5, 0.6) is 57.5 Å². The topological polar surface area (TPSA) is 197 Å². The molecule has 0 aliphatic rings. The molecular formula is C33H34O11. The van der Waals surface area contributed by atoms with Gasteiger partial charge in [-0.05, 0) is 61.1 Å². The zero-order valence-electron chi connectivity index (χ0n) is 24.1. The van der Waals surface area contributed by atoms with Crippen LogP contribution in [0.25, 0.3) is 0 Å². The van der Waals surface area contributed by atoms with Crippen molar-refractivity contribution in [3.63, 3.8) is 0 Å². The number of ether oxygens (including phenoxy) is 2. The number of benzene rings is 4. The molecule has 44 heavy (non-hydrogen) atoms. The fourth-order valence-electron chi connectivity index (χ4n) is 5.41. The minimum atomic E-state index is -1.22. The van der Waals surface area contributed by atoms with Crippen molar-refractivity contribution in [1.82, 2.24) is 0 Å². The molecule has 0 spiro atoms. The first-order valence-electron chi connectivity index (χ1n) is 13.7. The van der Waals surface area contributed by atoms with E-state index in [1.54, 1.807) is 24.3 Å². The molecule has 0 saturated carbocycles. The third-order valence-corrected chi connectivity index (χ3v) is 7.56. The molecule has 0 amide bonds. The zero-order valence-corrected chi connectivity index (χ0v) is 24.1. The largest absolute Gasteiger partial charge is 0.508 e. The van der Waals surface area contributed by atoms with E-state index in [0.29, 0.717) is 11.1 Å². The molecule has 0 saturated heterocycles. The number of ketones is 1. The molecule has 11 nitrogen and oxygen atoms in total. The summed E-state index contributed by atoms with van der Waals surface area (Å²) >= 11 is 0. The number of rotatable bonds is 12. The highest BCUT2D eigenvalue weighted by atomic mass is 16.5. The number of hydrogen-bond acceptors (Lipinski definition) is 11. The van der Waals surface area contributed by atoms with Crippen LogP contribution in [0.4, 0.5) is 0 Å². The Morgan fingerprint density at radius 2 is 0.886 bits per heavy atom. The van der Waals surface area contributed by atoms with Crippen molar-refractivity contribution in [2.75, 3.05) is 14.2 Å². The lowest BCUT2D eigenvalue weighted by Crippen LogP contribution is -2.23. The lowest BCUT2D eigenvalue weighted by Gasteiger charge is -2.26. The van der Waals surface area contributed by atoms with E-state index in [1.165, 1.54) is 26.4 Å². The standard InChI is InChI=1S/C33H34O11/c1-43-29-11-17(5-9-23(29)36)3-7-21(31-25(38)13-19(34)14-26(31)39)33(42)22(32-27(40)15-20(35)16-28(32)41)8-4-18-6-10-24(37)30(12-18)44-2/h5-6,9-16,21-22,34-41H,3-4,7-8H2,1-2H3. The Labute approximate surface area is 253 Å². The zero-order chi connectivity index (χ0) is 32.1. The SMILES string of the molecule is COc1cc(CCC(C(=O)C(CCc2ccc(O)c(OC)c2)c2c(O)cc(O)cc2O)c2c(O)cc(O)cc2O)ccc1O. The normalized spacial score (nSPS) is 12.4. The van der Waals surface area contributed by atoms with Crippen LogP contribution in [0, 0.1) is 0 Å². The Kier molecular flexibility index (Phi) is 9.47. The molecule has 2 atom stereocenters. The molecule has 4 aromatic rings. The molecule has 11 heteroatoms. The number of aryl methyl sites for hydroxylation is 2. The molecular weight excluding hydrogens is 572 g/mol. The molecule has 0 heterocycles. The lowest BCUT2D eigenvalue weighted by atomic mass is 9.77. The van der Waals surface area contributed by atoms with Crippen LogP contribution in [0.15, 0.2) is 60.7 Å². The molecule has 0 radical (unpaired) electrons. The third-order valence-electron chi connectivity index (χ3n) is 7.56. The van der Waals surface area contributed by atoms with E-state index >= 15 is 0 Å². The van der Waals surface area contributed by atoms with Gasteiger partial charge in [-0.2, -0.15) is 0 Å². The second-order valence-corrected chi connectivity index (χ2v) is 10.4. The lowest BCUT2D eigenvalue weighted by molar-refractivity contribution is -0.122. The molecule has 4 aromatic carbocycles. The van der Waals surface area contributed by atoms with Gasteiger partial charge in [-0.15, -0.1) is 0 Å². The molecule has 232 valence electrons. The van der Waals surface area contributed by atoms with Gasteiger partial charge in [0.05, 0.1) is 26.1 Å². The van der Waals surface area contributed by atoms with Gasteiger partial charge in [-0.25, -0.2) is 0 Å². The fraction of sp³-hybridized carbons (Fsp3) is 0.242. The molecule has 0 aromatic heterocycles. The summed E-state index contributed by atoms with van der Waals surface area (Å²) in [4.78, 5) is 14.5. The minimum Gasteiger partial charge on any atom is -0.508 e. The summed E-state index contributed by atoms with van der Waals surface area (Å²) in [7, 11) is 2.78. The van der Waals surface area contributed by atoms with Crippen molar-refractivity contribution in [2.24, 2.45) is 0 Å². The smallest absolute Gasteiger partial charge is 0.160 e. The van der Waals surface area contributed by atoms with E-state index in [4.69, 9.17) is 9.47 Å². The van der Waals surface area contributed by atoms with Gasteiger partial charge < -0.3 is 50.3 Å². The first kappa shape index (κ1) is 31.5. The van der Waals surface area contributed by atoms with E-state index < -0.39 is 52.1 Å². The van der Waals surface area contributed by atoms with Gasteiger partial charge in [-0.1, -0.05) is 12.1 Å². The second kappa shape index (κ2) is 13.2. The van der Waals surface area contributed by atoms with Crippen LogP contribution < -0.4 is 9.47 Å². The number of carbonyl (C=O) groups is 1. The summed E-state index contributed by atoms with van der Waals surface area (Å²) < 4.78 is 10.4. The molecule has 0 aliphatic carbocycles. The predicted molar refractivity (Wildman–Crippen MR) is 159 cm³/mol. The van der Waals surface area contributed by atoms with E-state index in [0.717, 1.165) is 24.3 Å². The molecule has 8 N–H and O–H groups in total. The van der Waals surface area contributed by atoms with Crippen molar-refractivity contribution < 1.29 is 55.1 Å². The van der Waals surface area contributed by atoms with Gasteiger partial charge in [0.25, 0.3) is 0 Å². The van der Waals surface area contributed by atoms with Gasteiger partial charge in [0, 0.05) is 35.4 Å². The summed E-state index contributed by atoms with van der Waals surface area (Å²) in [6.07, 6.45) is 0.452. The Morgan fingerprint density at radius 1 is 0.545 bits per heavy atom. The Balaban J connectivity index is 1.80. The van der Waals surface area contributed by atoms with Crippen molar-refractivity contribution in [3.05, 3.63) is 82.9 Å². The van der Waals surface area contributed by atoms with Crippen LogP contribution in [-0.2, 0) is 17.6 Å². The molecule has 0 bridgehead atoms.